The van der Waals surface area contributed by atoms with Gasteiger partial charge in [-0.3, -0.25) is 0 Å². The maximum atomic E-state index is 6.10. The number of aromatic nitrogens is 2. The van der Waals surface area contributed by atoms with Gasteiger partial charge in [-0.1, -0.05) is 38.7 Å². The molecule has 2 aromatic rings. The van der Waals surface area contributed by atoms with Crippen LogP contribution in [0.1, 0.15) is 50.4 Å². The lowest BCUT2D eigenvalue weighted by atomic mass is 9.81. The first-order valence-corrected chi connectivity index (χ1v) is 8.72. The summed E-state index contributed by atoms with van der Waals surface area (Å²) in [6.45, 7) is 5.58. The second-order valence-corrected chi connectivity index (χ2v) is 6.99. The van der Waals surface area contributed by atoms with Gasteiger partial charge in [0.1, 0.15) is 5.82 Å². The van der Waals surface area contributed by atoms with Gasteiger partial charge >= 0.3 is 0 Å². The number of alkyl halides is 1. The Balaban J connectivity index is 1.77. The van der Waals surface area contributed by atoms with E-state index in [0.717, 1.165) is 29.7 Å². The van der Waals surface area contributed by atoms with Crippen LogP contribution in [-0.4, -0.2) is 9.55 Å². The van der Waals surface area contributed by atoms with E-state index in [1.54, 1.807) is 0 Å². The van der Waals surface area contributed by atoms with Crippen molar-refractivity contribution < 1.29 is 0 Å². The molecule has 21 heavy (non-hydrogen) atoms. The van der Waals surface area contributed by atoms with Crippen molar-refractivity contribution in [2.75, 3.05) is 0 Å². The largest absolute Gasteiger partial charge is 0.327 e. The van der Waals surface area contributed by atoms with E-state index in [4.69, 9.17) is 11.6 Å². The summed E-state index contributed by atoms with van der Waals surface area (Å²) in [7, 11) is 0. The maximum Gasteiger partial charge on any atom is 0.124 e. The van der Waals surface area contributed by atoms with E-state index < -0.39 is 0 Å². The Morgan fingerprint density at radius 3 is 2.71 bits per heavy atom. The number of halogens is 1. The molecule has 1 aromatic carbocycles. The highest BCUT2D eigenvalue weighted by atomic mass is 35.5. The summed E-state index contributed by atoms with van der Waals surface area (Å²) in [5, 5.41) is 0. The van der Waals surface area contributed by atoms with E-state index in [2.05, 4.69) is 41.6 Å². The van der Waals surface area contributed by atoms with Crippen LogP contribution in [0.3, 0.4) is 0 Å². The van der Waals surface area contributed by atoms with Crippen molar-refractivity contribution in [3.05, 3.63) is 29.6 Å². The number of nitrogens with zero attached hydrogens (tertiary/aromatic N) is 2. The van der Waals surface area contributed by atoms with Gasteiger partial charge in [0.15, 0.2) is 0 Å². The Kier molecular flexibility index (Phi) is 4.54. The summed E-state index contributed by atoms with van der Waals surface area (Å²) in [5.74, 6) is 3.32. The van der Waals surface area contributed by atoms with Gasteiger partial charge in [0.25, 0.3) is 0 Å². The minimum atomic E-state index is 0.495. The van der Waals surface area contributed by atoms with Gasteiger partial charge in [0, 0.05) is 6.54 Å². The first kappa shape index (κ1) is 14.9. The average molecular weight is 305 g/mol. The second kappa shape index (κ2) is 6.39. The maximum absolute atomic E-state index is 6.10. The van der Waals surface area contributed by atoms with Gasteiger partial charge in [0.05, 0.1) is 16.9 Å². The predicted octanol–water partition coefficient (Wildman–Crippen LogP) is 5.30. The molecule has 1 aliphatic rings. The van der Waals surface area contributed by atoms with Crippen molar-refractivity contribution in [3.8, 4) is 0 Å². The number of hydrogen-bond donors (Lipinski definition) is 0. The lowest BCUT2D eigenvalue weighted by molar-refractivity contribution is 0.269. The zero-order valence-electron chi connectivity index (χ0n) is 13.1. The summed E-state index contributed by atoms with van der Waals surface area (Å²) in [6, 6.07) is 6.47. The predicted molar refractivity (Wildman–Crippen MR) is 89.8 cm³/mol. The fourth-order valence-electron chi connectivity index (χ4n) is 3.56. The summed E-state index contributed by atoms with van der Waals surface area (Å²) in [5.41, 5.74) is 3.61. The Hall–Kier alpha value is -1.02. The van der Waals surface area contributed by atoms with Crippen LogP contribution >= 0.6 is 11.6 Å². The fourth-order valence-corrected chi connectivity index (χ4v) is 3.77. The summed E-state index contributed by atoms with van der Waals surface area (Å²) >= 11 is 6.10. The molecule has 0 atom stereocenters. The highest BCUT2D eigenvalue weighted by Gasteiger charge is 2.19. The van der Waals surface area contributed by atoms with Gasteiger partial charge < -0.3 is 4.57 Å². The third-order valence-corrected chi connectivity index (χ3v) is 5.24. The summed E-state index contributed by atoms with van der Waals surface area (Å²) < 4.78 is 2.34. The molecular weight excluding hydrogens is 280 g/mol. The van der Waals surface area contributed by atoms with Crippen molar-refractivity contribution in [3.63, 3.8) is 0 Å². The zero-order valence-corrected chi connectivity index (χ0v) is 13.9. The molecule has 0 amide bonds. The topological polar surface area (TPSA) is 17.8 Å². The van der Waals surface area contributed by atoms with Crippen LogP contribution < -0.4 is 0 Å². The van der Waals surface area contributed by atoms with Crippen molar-refractivity contribution in [1.82, 2.24) is 9.55 Å². The molecule has 2 nitrogen and oxygen atoms in total. The van der Waals surface area contributed by atoms with E-state index in [0.29, 0.717) is 5.88 Å². The zero-order chi connectivity index (χ0) is 14.8. The fraction of sp³-hybridized carbons (Fsp3) is 0.611. The van der Waals surface area contributed by atoms with Crippen LogP contribution in [0.15, 0.2) is 18.2 Å². The third-order valence-electron chi connectivity index (χ3n) is 5.00. The van der Waals surface area contributed by atoms with Crippen molar-refractivity contribution >= 4 is 22.6 Å². The number of hydrogen-bond acceptors (Lipinski definition) is 1. The van der Waals surface area contributed by atoms with Crippen LogP contribution in [0.5, 0.6) is 0 Å². The molecule has 1 aliphatic carbocycles. The number of fused-ring (bicyclic) bond motifs is 1. The molecule has 3 rings (SSSR count). The SMILES string of the molecule is Cc1ccc2nc(CCl)n(CCC3CCC(C)CC3)c2c1. The van der Waals surface area contributed by atoms with Gasteiger partial charge in [0.2, 0.25) is 0 Å². The number of aryl methyl sites for hydroxylation is 2. The van der Waals surface area contributed by atoms with Crippen LogP contribution in [0.2, 0.25) is 0 Å². The molecule has 0 unspecified atom stereocenters. The van der Waals surface area contributed by atoms with Gasteiger partial charge in [-0.05, 0) is 42.9 Å². The summed E-state index contributed by atoms with van der Waals surface area (Å²) in [6.07, 6.45) is 6.84. The molecule has 0 radical (unpaired) electrons. The van der Waals surface area contributed by atoms with E-state index >= 15 is 0 Å². The molecule has 0 aliphatic heterocycles. The minimum absolute atomic E-state index is 0.495. The monoisotopic (exact) mass is 304 g/mol. The van der Waals surface area contributed by atoms with Gasteiger partial charge in [-0.2, -0.15) is 0 Å². The quantitative estimate of drug-likeness (QED) is 0.701. The number of benzene rings is 1. The Morgan fingerprint density at radius 2 is 2.00 bits per heavy atom. The van der Waals surface area contributed by atoms with E-state index in [9.17, 15) is 0 Å². The number of rotatable bonds is 4. The van der Waals surface area contributed by atoms with Crippen LogP contribution in [0.4, 0.5) is 0 Å². The second-order valence-electron chi connectivity index (χ2n) is 6.72. The first-order chi connectivity index (χ1) is 10.2. The highest BCUT2D eigenvalue weighted by molar-refractivity contribution is 6.16. The molecule has 0 bridgehead atoms. The molecular formula is C18H25ClN2. The van der Waals surface area contributed by atoms with Crippen molar-refractivity contribution in [2.24, 2.45) is 11.8 Å². The molecule has 1 saturated carbocycles. The van der Waals surface area contributed by atoms with Crippen LogP contribution in [-0.2, 0) is 12.4 Å². The molecule has 0 spiro atoms. The lowest BCUT2D eigenvalue weighted by Crippen LogP contribution is -2.15. The Labute approximate surface area is 132 Å². The van der Waals surface area contributed by atoms with Crippen LogP contribution in [0, 0.1) is 18.8 Å². The first-order valence-electron chi connectivity index (χ1n) is 8.19. The summed E-state index contributed by atoms with van der Waals surface area (Å²) in [4.78, 5) is 4.68. The average Bonchev–Trinajstić information content (AvgIpc) is 2.84. The molecule has 0 saturated heterocycles. The molecule has 1 aromatic heterocycles. The van der Waals surface area contributed by atoms with E-state index in [1.165, 1.54) is 43.2 Å². The Morgan fingerprint density at radius 1 is 1.24 bits per heavy atom. The molecule has 1 heterocycles. The Bertz CT molecular complexity index is 609. The standard InChI is InChI=1S/C18H25ClN2/c1-13-3-6-15(7-4-13)9-10-21-17-11-14(2)5-8-16(17)20-18(21)12-19/h5,8,11,13,15H,3-4,6-7,9-10,12H2,1-2H3. The van der Waals surface area contributed by atoms with Crippen LogP contribution in [0.25, 0.3) is 11.0 Å². The van der Waals surface area contributed by atoms with E-state index in [-0.39, 0.29) is 0 Å². The van der Waals surface area contributed by atoms with Gasteiger partial charge in [-0.15, -0.1) is 11.6 Å². The molecule has 3 heteroatoms. The highest BCUT2D eigenvalue weighted by Crippen LogP contribution is 2.31. The number of imidazole rings is 1. The van der Waals surface area contributed by atoms with Crippen molar-refractivity contribution in [1.29, 1.82) is 0 Å². The normalized spacial score (nSPS) is 22.8. The lowest BCUT2D eigenvalue weighted by Gasteiger charge is -2.26. The van der Waals surface area contributed by atoms with E-state index in [1.807, 2.05) is 0 Å². The third kappa shape index (κ3) is 3.26. The molecule has 0 N–H and O–H groups in total. The van der Waals surface area contributed by atoms with Gasteiger partial charge in [-0.25, -0.2) is 4.98 Å². The molecule has 114 valence electrons. The molecule has 1 fully saturated rings. The smallest absolute Gasteiger partial charge is 0.124 e. The van der Waals surface area contributed by atoms with Crippen molar-refractivity contribution in [2.45, 2.75) is 58.4 Å². The minimum Gasteiger partial charge on any atom is -0.327 e.